The second kappa shape index (κ2) is 16.7. The fourth-order valence-corrected chi connectivity index (χ4v) is 9.87. The van der Waals surface area contributed by atoms with E-state index >= 15 is 0 Å². The van der Waals surface area contributed by atoms with E-state index in [1.54, 1.807) is 0 Å². The van der Waals surface area contributed by atoms with E-state index in [4.69, 9.17) is 4.98 Å². The maximum atomic E-state index is 4.93. The largest absolute Gasteiger partial charge is 0.311 e. The Morgan fingerprint density at radius 3 is 1.14 bits per heavy atom. The lowest BCUT2D eigenvalue weighted by molar-refractivity contribution is 1.28. The molecule has 0 aliphatic heterocycles. The van der Waals surface area contributed by atoms with E-state index in [1.807, 2.05) is 6.20 Å². The molecule has 0 atom stereocenters. The molecule has 12 aromatic rings. The quantitative estimate of drug-likeness (QED) is 0.107. The van der Waals surface area contributed by atoms with Gasteiger partial charge >= 0.3 is 0 Å². The first-order chi connectivity index (χ1) is 32.8. The molecular formula is C63H43N3. The highest BCUT2D eigenvalue weighted by atomic mass is 15.1. The lowest BCUT2D eigenvalue weighted by Gasteiger charge is -2.26. The number of rotatable bonds is 9. The zero-order chi connectivity index (χ0) is 43.8. The molecule has 0 spiro atoms. The highest BCUT2D eigenvalue weighted by Gasteiger charge is 2.21. The van der Waals surface area contributed by atoms with E-state index < -0.39 is 0 Å². The number of hydrogen-bond acceptors (Lipinski definition) is 3. The topological polar surface area (TPSA) is 19.4 Å². The Morgan fingerprint density at radius 2 is 0.636 bits per heavy atom. The summed E-state index contributed by atoms with van der Waals surface area (Å²) >= 11 is 0. The molecule has 0 radical (unpaired) electrons. The van der Waals surface area contributed by atoms with Gasteiger partial charge in [-0.05, 0) is 151 Å². The van der Waals surface area contributed by atoms with Crippen LogP contribution in [0.5, 0.6) is 0 Å². The normalized spacial score (nSPS) is 11.3. The van der Waals surface area contributed by atoms with Crippen molar-refractivity contribution in [3.05, 3.63) is 261 Å². The molecular weight excluding hydrogens is 799 g/mol. The maximum Gasteiger partial charge on any atom is 0.0786 e. The van der Waals surface area contributed by atoms with E-state index in [-0.39, 0.29) is 0 Å². The Balaban J connectivity index is 1.08. The molecule has 11 aromatic carbocycles. The highest BCUT2D eigenvalue weighted by Crippen LogP contribution is 2.47. The third-order valence-electron chi connectivity index (χ3n) is 12.8. The van der Waals surface area contributed by atoms with Gasteiger partial charge in [-0.1, -0.05) is 164 Å². The van der Waals surface area contributed by atoms with E-state index in [2.05, 4.69) is 265 Å². The Labute approximate surface area is 384 Å². The average molecular weight is 842 g/mol. The number of hydrogen-bond donors (Lipinski definition) is 0. The molecule has 0 fully saturated rings. The standard InChI is InChI=1S/C63H43N3/c1-5-19-48(20-6-1)65(49-21-7-2-8-22-49)52-36-31-44(32-37-52)61-55-28-15-16-29-56(55)62(45-33-38-53(39-34-45)66(50-23-9-3-10-24-50)51-25-11-4-12-26-51)60-43-47(35-40-57(60)61)59-42-46-18-13-14-27-54(46)63-58(59)30-17-41-64-63/h1-43H. The fraction of sp³-hybridized carbons (Fsp3) is 0. The molecule has 0 amide bonds. The number of para-hydroxylation sites is 4. The van der Waals surface area contributed by atoms with Crippen molar-refractivity contribution in [2.45, 2.75) is 0 Å². The van der Waals surface area contributed by atoms with Crippen LogP contribution in [0.2, 0.25) is 0 Å². The van der Waals surface area contributed by atoms with Gasteiger partial charge in [-0.2, -0.15) is 0 Å². The summed E-state index contributed by atoms with van der Waals surface area (Å²) in [7, 11) is 0. The van der Waals surface area contributed by atoms with Crippen LogP contribution in [0, 0.1) is 0 Å². The van der Waals surface area contributed by atoms with Crippen molar-refractivity contribution in [1.82, 2.24) is 4.98 Å². The molecule has 0 saturated heterocycles. The van der Waals surface area contributed by atoms with E-state index in [0.29, 0.717) is 0 Å². The average Bonchev–Trinajstić information content (AvgIpc) is 3.39. The summed E-state index contributed by atoms with van der Waals surface area (Å²) in [6.07, 6.45) is 1.90. The molecule has 0 unspecified atom stereocenters. The summed E-state index contributed by atoms with van der Waals surface area (Å²) in [6, 6.07) is 91.8. The molecule has 0 bridgehead atoms. The van der Waals surface area contributed by atoms with E-state index in [0.717, 1.165) is 67.1 Å². The number of fused-ring (bicyclic) bond motifs is 5. The van der Waals surface area contributed by atoms with Gasteiger partial charge in [0, 0.05) is 51.1 Å². The highest BCUT2D eigenvalue weighted by molar-refractivity contribution is 6.22. The molecule has 3 heteroatoms. The molecule has 0 saturated carbocycles. The summed E-state index contributed by atoms with van der Waals surface area (Å²) < 4.78 is 0. The molecule has 66 heavy (non-hydrogen) atoms. The van der Waals surface area contributed by atoms with Crippen LogP contribution >= 0.6 is 0 Å². The molecule has 3 nitrogen and oxygen atoms in total. The second-order valence-electron chi connectivity index (χ2n) is 16.7. The molecule has 0 aliphatic rings. The number of nitrogens with zero attached hydrogens (tertiary/aromatic N) is 3. The summed E-state index contributed by atoms with van der Waals surface area (Å²) in [5.41, 5.74) is 14.7. The SMILES string of the molecule is c1ccc(N(c2ccccc2)c2ccc(-c3c4ccccc4c(-c4ccc(N(c5ccccc5)c5ccccc5)cc4)c4cc(-c5cc6ccccc6c6ncccc56)ccc34)cc2)cc1. The first-order valence-electron chi connectivity index (χ1n) is 22.5. The van der Waals surface area contributed by atoms with E-state index in [1.165, 1.54) is 43.6 Å². The Hall–Kier alpha value is -8.79. The Bertz CT molecular complexity index is 3590. The summed E-state index contributed by atoms with van der Waals surface area (Å²) in [4.78, 5) is 9.57. The van der Waals surface area contributed by atoms with Crippen molar-refractivity contribution in [2.75, 3.05) is 9.80 Å². The van der Waals surface area contributed by atoms with Crippen molar-refractivity contribution in [3.63, 3.8) is 0 Å². The van der Waals surface area contributed by atoms with Gasteiger partial charge in [0.1, 0.15) is 0 Å². The van der Waals surface area contributed by atoms with Crippen LogP contribution < -0.4 is 9.80 Å². The van der Waals surface area contributed by atoms with Crippen LogP contribution in [0.15, 0.2) is 261 Å². The third-order valence-corrected chi connectivity index (χ3v) is 12.8. The zero-order valence-corrected chi connectivity index (χ0v) is 36.2. The van der Waals surface area contributed by atoms with Crippen LogP contribution in [0.25, 0.3) is 76.6 Å². The van der Waals surface area contributed by atoms with Crippen LogP contribution in [0.1, 0.15) is 0 Å². The van der Waals surface area contributed by atoms with Crippen molar-refractivity contribution in [3.8, 4) is 33.4 Å². The van der Waals surface area contributed by atoms with Gasteiger partial charge < -0.3 is 9.80 Å². The van der Waals surface area contributed by atoms with Crippen molar-refractivity contribution >= 4 is 77.3 Å². The van der Waals surface area contributed by atoms with Crippen molar-refractivity contribution < 1.29 is 0 Å². The van der Waals surface area contributed by atoms with Crippen LogP contribution in [0.3, 0.4) is 0 Å². The molecule has 310 valence electrons. The summed E-state index contributed by atoms with van der Waals surface area (Å²) in [5, 5.41) is 8.29. The monoisotopic (exact) mass is 841 g/mol. The van der Waals surface area contributed by atoms with Gasteiger partial charge in [-0.3, -0.25) is 4.98 Å². The Morgan fingerprint density at radius 1 is 0.258 bits per heavy atom. The van der Waals surface area contributed by atoms with Crippen molar-refractivity contribution in [1.29, 1.82) is 0 Å². The van der Waals surface area contributed by atoms with E-state index in [9.17, 15) is 0 Å². The summed E-state index contributed by atoms with van der Waals surface area (Å²) in [6.45, 7) is 0. The van der Waals surface area contributed by atoms with Crippen LogP contribution in [0.4, 0.5) is 34.1 Å². The minimum atomic E-state index is 1.02. The van der Waals surface area contributed by atoms with Crippen LogP contribution in [-0.2, 0) is 0 Å². The smallest absolute Gasteiger partial charge is 0.0786 e. The van der Waals surface area contributed by atoms with Gasteiger partial charge in [0.25, 0.3) is 0 Å². The van der Waals surface area contributed by atoms with Gasteiger partial charge in [-0.15, -0.1) is 0 Å². The van der Waals surface area contributed by atoms with Crippen molar-refractivity contribution in [2.24, 2.45) is 0 Å². The molecule has 0 aliphatic carbocycles. The molecule has 0 N–H and O–H groups in total. The predicted molar refractivity (Wildman–Crippen MR) is 280 cm³/mol. The molecule has 12 rings (SSSR count). The first-order valence-corrected chi connectivity index (χ1v) is 22.5. The van der Waals surface area contributed by atoms with Gasteiger partial charge in [0.2, 0.25) is 0 Å². The Kier molecular flexibility index (Phi) is 9.85. The minimum Gasteiger partial charge on any atom is -0.311 e. The zero-order valence-electron chi connectivity index (χ0n) is 36.2. The molecule has 1 aromatic heterocycles. The minimum absolute atomic E-state index is 1.02. The molecule has 1 heterocycles. The maximum absolute atomic E-state index is 4.93. The van der Waals surface area contributed by atoms with Gasteiger partial charge in [-0.25, -0.2) is 0 Å². The lowest BCUT2D eigenvalue weighted by Crippen LogP contribution is -2.09. The van der Waals surface area contributed by atoms with Gasteiger partial charge in [0.05, 0.1) is 5.52 Å². The second-order valence-corrected chi connectivity index (χ2v) is 16.7. The lowest BCUT2D eigenvalue weighted by atomic mass is 9.84. The predicted octanol–water partition coefficient (Wildman–Crippen LogP) is 17.6. The number of anilines is 6. The fourth-order valence-electron chi connectivity index (χ4n) is 9.87. The summed E-state index contributed by atoms with van der Waals surface area (Å²) in [5.74, 6) is 0. The first kappa shape index (κ1) is 38.9. The van der Waals surface area contributed by atoms with Gasteiger partial charge in [0.15, 0.2) is 0 Å². The number of benzene rings is 11. The number of pyridine rings is 1. The third kappa shape index (κ3) is 6.91. The van der Waals surface area contributed by atoms with Crippen LogP contribution in [-0.4, -0.2) is 4.98 Å². The number of aromatic nitrogens is 1.